The van der Waals surface area contributed by atoms with E-state index >= 15 is 0 Å². The molecule has 1 fully saturated rings. The molecule has 0 radical (unpaired) electrons. The van der Waals surface area contributed by atoms with Crippen LogP contribution in [0.2, 0.25) is 0 Å². The lowest BCUT2D eigenvalue weighted by molar-refractivity contribution is 0.0554. The Hall–Kier alpha value is -1.18. The van der Waals surface area contributed by atoms with Crippen LogP contribution in [0, 0.1) is 5.41 Å². The molecule has 2 nitrogen and oxygen atoms in total. The van der Waals surface area contributed by atoms with Crippen molar-refractivity contribution < 1.29 is 4.79 Å². The second-order valence-electron chi connectivity index (χ2n) is 4.50. The smallest absolute Gasteiger partial charge is 0.170 e. The molecule has 3 rings (SSSR count). The van der Waals surface area contributed by atoms with Crippen LogP contribution in [-0.2, 0) is 6.42 Å². The maximum absolute atomic E-state index is 12.2. The van der Waals surface area contributed by atoms with Gasteiger partial charge >= 0.3 is 0 Å². The maximum Gasteiger partial charge on any atom is 0.170 e. The molecule has 0 unspecified atom stereocenters. The van der Waals surface area contributed by atoms with E-state index in [4.69, 9.17) is 0 Å². The van der Waals surface area contributed by atoms with Crippen LogP contribution in [-0.4, -0.2) is 10.8 Å². The molecule has 0 saturated heterocycles. The van der Waals surface area contributed by atoms with Crippen LogP contribution in [0.25, 0.3) is 0 Å². The Morgan fingerprint density at radius 2 is 2.14 bits per heavy atom. The standard InChI is InChI=1S/C12H13NO/c14-11-10-8-13-7-3-9(10)2-6-12(11)4-1-5-12/h3,7-8H,1-2,4-6H2. The summed E-state index contributed by atoms with van der Waals surface area (Å²) in [4.78, 5) is 16.2. The van der Waals surface area contributed by atoms with Crippen LogP contribution in [0.4, 0.5) is 0 Å². The molecule has 2 aliphatic carbocycles. The molecule has 0 atom stereocenters. The topological polar surface area (TPSA) is 30.0 Å². The molecular weight excluding hydrogens is 174 g/mol. The van der Waals surface area contributed by atoms with Gasteiger partial charge in [0.25, 0.3) is 0 Å². The maximum atomic E-state index is 12.2. The molecule has 1 heterocycles. The van der Waals surface area contributed by atoms with Gasteiger partial charge in [-0.25, -0.2) is 0 Å². The van der Waals surface area contributed by atoms with Gasteiger partial charge in [0.05, 0.1) is 0 Å². The summed E-state index contributed by atoms with van der Waals surface area (Å²) in [5, 5.41) is 0. The zero-order valence-electron chi connectivity index (χ0n) is 8.12. The first kappa shape index (κ1) is 8.16. The number of hydrogen-bond acceptors (Lipinski definition) is 2. The molecule has 1 aromatic heterocycles. The summed E-state index contributed by atoms with van der Waals surface area (Å²) in [6.07, 6.45) is 9.07. The SMILES string of the molecule is O=C1c2cnccc2CCC12CCC2. The average molecular weight is 187 g/mol. The molecule has 72 valence electrons. The Morgan fingerprint density at radius 1 is 1.29 bits per heavy atom. The number of fused-ring (bicyclic) bond motifs is 1. The van der Waals surface area contributed by atoms with E-state index in [1.165, 1.54) is 12.0 Å². The number of carbonyl (C=O) groups excluding carboxylic acids is 1. The summed E-state index contributed by atoms with van der Waals surface area (Å²) < 4.78 is 0. The number of Topliss-reactive ketones (excluding diaryl/α,β-unsaturated/α-hetero) is 1. The Morgan fingerprint density at radius 3 is 2.86 bits per heavy atom. The third-order valence-electron chi connectivity index (χ3n) is 3.82. The normalized spacial score (nSPS) is 23.0. The number of aryl methyl sites for hydroxylation is 1. The second kappa shape index (κ2) is 2.66. The summed E-state index contributed by atoms with van der Waals surface area (Å²) in [6.45, 7) is 0. The fourth-order valence-corrected chi connectivity index (χ4v) is 2.70. The molecule has 0 bridgehead atoms. The van der Waals surface area contributed by atoms with Gasteiger partial charge in [-0.2, -0.15) is 0 Å². The molecule has 14 heavy (non-hydrogen) atoms. The van der Waals surface area contributed by atoms with Gasteiger partial charge in [0, 0.05) is 23.4 Å². The van der Waals surface area contributed by atoms with Crippen molar-refractivity contribution in [2.24, 2.45) is 5.41 Å². The fraction of sp³-hybridized carbons (Fsp3) is 0.500. The monoisotopic (exact) mass is 187 g/mol. The summed E-state index contributed by atoms with van der Waals surface area (Å²) in [5.74, 6) is 0.359. The fourth-order valence-electron chi connectivity index (χ4n) is 2.70. The van der Waals surface area contributed by atoms with Crippen molar-refractivity contribution in [2.75, 3.05) is 0 Å². The van der Waals surface area contributed by atoms with E-state index in [0.29, 0.717) is 5.78 Å². The molecule has 0 aliphatic heterocycles. The first-order valence-electron chi connectivity index (χ1n) is 5.30. The Labute approximate surface area is 83.4 Å². The lowest BCUT2D eigenvalue weighted by Crippen LogP contribution is -2.41. The van der Waals surface area contributed by atoms with Crippen molar-refractivity contribution in [1.82, 2.24) is 4.98 Å². The highest BCUT2D eigenvalue weighted by atomic mass is 16.1. The van der Waals surface area contributed by atoms with Crippen LogP contribution in [0.3, 0.4) is 0 Å². The molecule has 2 heteroatoms. The third kappa shape index (κ3) is 0.912. The molecule has 1 saturated carbocycles. The highest BCUT2D eigenvalue weighted by Crippen LogP contribution is 2.49. The third-order valence-corrected chi connectivity index (χ3v) is 3.82. The van der Waals surface area contributed by atoms with Gasteiger partial charge in [0.1, 0.15) is 0 Å². The number of rotatable bonds is 0. The molecular formula is C12H13NO. The molecule has 1 spiro atoms. The van der Waals surface area contributed by atoms with Gasteiger partial charge in [-0.1, -0.05) is 6.42 Å². The van der Waals surface area contributed by atoms with Crippen LogP contribution >= 0.6 is 0 Å². The van der Waals surface area contributed by atoms with Crippen molar-refractivity contribution in [3.8, 4) is 0 Å². The highest BCUT2D eigenvalue weighted by molar-refractivity contribution is 6.03. The zero-order valence-corrected chi connectivity index (χ0v) is 8.12. The zero-order chi connectivity index (χ0) is 9.60. The van der Waals surface area contributed by atoms with Crippen molar-refractivity contribution in [3.05, 3.63) is 29.6 Å². The van der Waals surface area contributed by atoms with Crippen LogP contribution < -0.4 is 0 Å². The molecule has 2 aliphatic rings. The van der Waals surface area contributed by atoms with Gasteiger partial charge < -0.3 is 0 Å². The quantitative estimate of drug-likeness (QED) is 0.624. The van der Waals surface area contributed by atoms with Gasteiger partial charge in [0.15, 0.2) is 5.78 Å². The molecule has 0 amide bonds. The van der Waals surface area contributed by atoms with E-state index in [2.05, 4.69) is 4.98 Å². The van der Waals surface area contributed by atoms with Crippen molar-refractivity contribution in [3.63, 3.8) is 0 Å². The number of aromatic nitrogens is 1. The predicted octanol–water partition coefficient (Wildman–Crippen LogP) is 2.38. The van der Waals surface area contributed by atoms with Crippen molar-refractivity contribution in [1.29, 1.82) is 0 Å². The summed E-state index contributed by atoms with van der Waals surface area (Å²) in [6, 6.07) is 1.98. The summed E-state index contributed by atoms with van der Waals surface area (Å²) >= 11 is 0. The lowest BCUT2D eigenvalue weighted by atomic mass is 9.59. The highest BCUT2D eigenvalue weighted by Gasteiger charge is 2.46. The number of ketones is 1. The predicted molar refractivity (Wildman–Crippen MR) is 53.2 cm³/mol. The summed E-state index contributed by atoms with van der Waals surface area (Å²) in [5.41, 5.74) is 2.11. The van der Waals surface area contributed by atoms with E-state index in [1.54, 1.807) is 12.4 Å². The van der Waals surface area contributed by atoms with E-state index in [1.807, 2.05) is 6.07 Å². The van der Waals surface area contributed by atoms with Crippen molar-refractivity contribution in [2.45, 2.75) is 32.1 Å². The molecule has 1 aromatic rings. The Balaban J connectivity index is 2.07. The van der Waals surface area contributed by atoms with E-state index in [9.17, 15) is 4.79 Å². The largest absolute Gasteiger partial charge is 0.293 e. The number of hydrogen-bond donors (Lipinski definition) is 0. The number of carbonyl (C=O) groups is 1. The Kier molecular flexibility index (Phi) is 1.55. The minimum Gasteiger partial charge on any atom is -0.293 e. The average Bonchev–Trinajstić information content (AvgIpc) is 2.16. The molecule has 0 aromatic carbocycles. The number of nitrogens with zero attached hydrogens (tertiary/aromatic N) is 1. The van der Waals surface area contributed by atoms with Gasteiger partial charge in [-0.15, -0.1) is 0 Å². The van der Waals surface area contributed by atoms with E-state index < -0.39 is 0 Å². The lowest BCUT2D eigenvalue weighted by Gasteiger charge is -2.43. The summed E-state index contributed by atoms with van der Waals surface area (Å²) in [7, 11) is 0. The van der Waals surface area contributed by atoms with Gasteiger partial charge in [-0.05, 0) is 37.3 Å². The Bertz CT molecular complexity index is 393. The van der Waals surface area contributed by atoms with Crippen molar-refractivity contribution >= 4 is 5.78 Å². The van der Waals surface area contributed by atoms with E-state index in [-0.39, 0.29) is 5.41 Å². The van der Waals surface area contributed by atoms with Crippen LogP contribution in [0.1, 0.15) is 41.6 Å². The molecule has 0 N–H and O–H groups in total. The minimum absolute atomic E-state index is 0.0238. The number of pyridine rings is 1. The van der Waals surface area contributed by atoms with Gasteiger partial charge in [0.2, 0.25) is 0 Å². The second-order valence-corrected chi connectivity index (χ2v) is 4.50. The first-order valence-corrected chi connectivity index (χ1v) is 5.30. The van der Waals surface area contributed by atoms with Crippen LogP contribution in [0.5, 0.6) is 0 Å². The van der Waals surface area contributed by atoms with E-state index in [0.717, 1.165) is 31.2 Å². The first-order chi connectivity index (χ1) is 6.82. The van der Waals surface area contributed by atoms with Crippen LogP contribution in [0.15, 0.2) is 18.5 Å². The minimum atomic E-state index is 0.0238. The van der Waals surface area contributed by atoms with Gasteiger partial charge in [-0.3, -0.25) is 9.78 Å².